The average Bonchev–Trinajstić information content (AvgIpc) is 3.61. The van der Waals surface area contributed by atoms with Gasteiger partial charge in [-0.25, -0.2) is 4.98 Å². The van der Waals surface area contributed by atoms with Gasteiger partial charge in [0.2, 0.25) is 0 Å². The maximum atomic E-state index is 14.4. The molecule has 0 radical (unpaired) electrons. The molecule has 1 aliphatic carbocycles. The normalized spacial score (nSPS) is 16.1. The maximum absolute atomic E-state index is 14.4. The number of methoxy groups -OCH3 is 1. The van der Waals surface area contributed by atoms with Gasteiger partial charge in [-0.3, -0.25) is 14.5 Å². The number of aromatic nitrogens is 5. The van der Waals surface area contributed by atoms with Crippen LogP contribution >= 0.6 is 0 Å². The number of carbonyl (C=O) groups excluding carboxylic acids is 1. The van der Waals surface area contributed by atoms with Crippen molar-refractivity contribution in [2.24, 2.45) is 5.92 Å². The number of ether oxygens (including phenoxy) is 2. The van der Waals surface area contributed by atoms with Crippen LogP contribution in [0.5, 0.6) is 11.5 Å². The number of pyridine rings is 1. The molecule has 6 rings (SSSR count). The number of alkyl halides is 3. The van der Waals surface area contributed by atoms with Gasteiger partial charge >= 0.3 is 6.18 Å². The lowest BCUT2D eigenvalue weighted by Gasteiger charge is -2.30. The van der Waals surface area contributed by atoms with Crippen molar-refractivity contribution in [3.05, 3.63) is 77.4 Å². The van der Waals surface area contributed by atoms with Crippen LogP contribution in [0.25, 0.3) is 11.1 Å². The summed E-state index contributed by atoms with van der Waals surface area (Å²) in [5, 5.41) is 3.82. The number of amides is 1. The molecule has 1 fully saturated rings. The summed E-state index contributed by atoms with van der Waals surface area (Å²) in [5.41, 5.74) is 0.607. The Morgan fingerprint density at radius 3 is 2.57 bits per heavy atom. The van der Waals surface area contributed by atoms with E-state index in [2.05, 4.69) is 15.1 Å². The lowest BCUT2D eigenvalue weighted by atomic mass is 9.96. The molecule has 42 heavy (non-hydrogen) atoms. The molecule has 2 aliphatic rings. The standard InChI is InChI=1S/C30H31F3N6O3/c1-4-38-17-24(28(36-38)30(31,32)33)22-13-19(16-37-10-9-34-18(37)2)14-23-27(22)42-12-11-39(29(23)40)26(20-5-6-20)25-15-21(41-3)7-8-35-25/h7-10,13-15,17,20,26H,4-6,11-12,16H2,1-3H3. The minimum Gasteiger partial charge on any atom is -0.497 e. The van der Waals surface area contributed by atoms with Crippen LogP contribution in [0.1, 0.15) is 58.9 Å². The first-order valence-electron chi connectivity index (χ1n) is 13.9. The summed E-state index contributed by atoms with van der Waals surface area (Å²) in [6.45, 7) is 4.49. The molecule has 0 bridgehead atoms. The highest BCUT2D eigenvalue weighted by atomic mass is 19.4. The van der Waals surface area contributed by atoms with Crippen LogP contribution in [0.4, 0.5) is 13.2 Å². The molecule has 4 heterocycles. The number of imidazole rings is 1. The van der Waals surface area contributed by atoms with Crippen LogP contribution in [-0.2, 0) is 19.3 Å². The van der Waals surface area contributed by atoms with Gasteiger partial charge in [0.15, 0.2) is 5.69 Å². The van der Waals surface area contributed by atoms with Gasteiger partial charge in [0.25, 0.3) is 5.91 Å². The molecular formula is C30H31F3N6O3. The smallest absolute Gasteiger partial charge is 0.435 e. The van der Waals surface area contributed by atoms with E-state index in [1.54, 1.807) is 55.7 Å². The molecule has 0 N–H and O–H groups in total. The predicted octanol–water partition coefficient (Wildman–Crippen LogP) is 5.53. The number of hydrogen-bond donors (Lipinski definition) is 0. The van der Waals surface area contributed by atoms with E-state index in [9.17, 15) is 18.0 Å². The molecule has 0 saturated heterocycles. The SMILES string of the molecule is CCn1cc(-c2cc(Cn3ccnc3C)cc3c2OCCN(C(c2cc(OC)ccn2)C2CC2)C3=O)c(C(F)(F)F)n1. The zero-order chi connectivity index (χ0) is 29.6. The third-order valence-corrected chi connectivity index (χ3v) is 7.84. The molecule has 12 heteroatoms. The van der Waals surface area contributed by atoms with Gasteiger partial charge < -0.3 is 18.9 Å². The quantitative estimate of drug-likeness (QED) is 0.272. The van der Waals surface area contributed by atoms with Crippen molar-refractivity contribution in [3.8, 4) is 22.6 Å². The van der Waals surface area contributed by atoms with Gasteiger partial charge in [-0.1, -0.05) is 0 Å². The fourth-order valence-electron chi connectivity index (χ4n) is 5.60. The number of aryl methyl sites for hydroxylation is 2. The molecule has 1 saturated carbocycles. The molecule has 1 amide bonds. The topological polar surface area (TPSA) is 87.3 Å². The van der Waals surface area contributed by atoms with Crippen LogP contribution in [0, 0.1) is 12.8 Å². The number of nitrogens with zero attached hydrogens (tertiary/aromatic N) is 6. The van der Waals surface area contributed by atoms with E-state index in [-0.39, 0.29) is 60.0 Å². The van der Waals surface area contributed by atoms with Crippen LogP contribution in [0.3, 0.4) is 0 Å². The fourth-order valence-corrected chi connectivity index (χ4v) is 5.60. The molecule has 1 aromatic carbocycles. The third kappa shape index (κ3) is 5.21. The molecule has 220 valence electrons. The van der Waals surface area contributed by atoms with Gasteiger partial charge in [-0.05, 0) is 56.4 Å². The number of hydrogen-bond acceptors (Lipinski definition) is 6. The lowest BCUT2D eigenvalue weighted by molar-refractivity contribution is -0.141. The predicted molar refractivity (Wildman–Crippen MR) is 147 cm³/mol. The Hall–Kier alpha value is -4.35. The summed E-state index contributed by atoms with van der Waals surface area (Å²) in [4.78, 5) is 25.0. The van der Waals surface area contributed by atoms with E-state index in [1.807, 2.05) is 17.6 Å². The summed E-state index contributed by atoms with van der Waals surface area (Å²) in [5.74, 6) is 1.40. The first-order valence-corrected chi connectivity index (χ1v) is 13.9. The van der Waals surface area contributed by atoms with Crippen molar-refractivity contribution < 1.29 is 27.4 Å². The zero-order valence-electron chi connectivity index (χ0n) is 23.6. The molecule has 1 unspecified atom stereocenters. The number of benzene rings is 1. The highest BCUT2D eigenvalue weighted by Gasteiger charge is 2.43. The summed E-state index contributed by atoms with van der Waals surface area (Å²) in [6.07, 6.45) is 3.66. The molecular weight excluding hydrogens is 549 g/mol. The lowest BCUT2D eigenvalue weighted by Crippen LogP contribution is -2.37. The second-order valence-electron chi connectivity index (χ2n) is 10.6. The largest absolute Gasteiger partial charge is 0.497 e. The number of fused-ring (bicyclic) bond motifs is 1. The van der Waals surface area contributed by atoms with E-state index in [1.165, 1.54) is 10.9 Å². The van der Waals surface area contributed by atoms with Crippen LogP contribution < -0.4 is 9.47 Å². The number of halogens is 3. The monoisotopic (exact) mass is 580 g/mol. The highest BCUT2D eigenvalue weighted by molar-refractivity contribution is 6.00. The van der Waals surface area contributed by atoms with Gasteiger partial charge in [0.1, 0.15) is 23.9 Å². The first-order chi connectivity index (χ1) is 20.2. The Morgan fingerprint density at radius 1 is 1.12 bits per heavy atom. The van der Waals surface area contributed by atoms with Crippen LogP contribution in [-0.4, -0.2) is 55.4 Å². The van der Waals surface area contributed by atoms with E-state index in [0.29, 0.717) is 23.6 Å². The van der Waals surface area contributed by atoms with E-state index >= 15 is 0 Å². The second-order valence-corrected chi connectivity index (χ2v) is 10.6. The molecule has 3 aromatic heterocycles. The molecule has 4 aromatic rings. The highest BCUT2D eigenvalue weighted by Crippen LogP contribution is 2.47. The molecule has 9 nitrogen and oxygen atoms in total. The van der Waals surface area contributed by atoms with Crippen molar-refractivity contribution >= 4 is 5.91 Å². The van der Waals surface area contributed by atoms with Crippen molar-refractivity contribution in [1.82, 2.24) is 29.2 Å². The Labute approximate surface area is 240 Å². The van der Waals surface area contributed by atoms with Crippen LogP contribution in [0.15, 0.2) is 49.1 Å². The summed E-state index contributed by atoms with van der Waals surface area (Å²) in [6, 6.07) is 6.65. The van der Waals surface area contributed by atoms with Crippen molar-refractivity contribution in [2.45, 2.75) is 52.0 Å². The molecule has 1 aliphatic heterocycles. The second kappa shape index (κ2) is 10.8. The Bertz CT molecular complexity index is 1620. The zero-order valence-corrected chi connectivity index (χ0v) is 23.6. The van der Waals surface area contributed by atoms with Crippen molar-refractivity contribution in [2.75, 3.05) is 20.3 Å². The molecule has 1 atom stereocenters. The summed E-state index contributed by atoms with van der Waals surface area (Å²) >= 11 is 0. The Morgan fingerprint density at radius 2 is 1.90 bits per heavy atom. The summed E-state index contributed by atoms with van der Waals surface area (Å²) < 4.78 is 57.4. The fraction of sp³-hybridized carbons (Fsp3) is 0.400. The average molecular weight is 581 g/mol. The van der Waals surface area contributed by atoms with E-state index in [4.69, 9.17) is 9.47 Å². The molecule has 0 spiro atoms. The Balaban J connectivity index is 1.51. The van der Waals surface area contributed by atoms with E-state index < -0.39 is 11.9 Å². The third-order valence-electron chi connectivity index (χ3n) is 7.84. The Kier molecular flexibility index (Phi) is 7.15. The maximum Gasteiger partial charge on any atom is 0.435 e. The van der Waals surface area contributed by atoms with Crippen molar-refractivity contribution in [1.29, 1.82) is 0 Å². The van der Waals surface area contributed by atoms with Gasteiger partial charge in [0.05, 0.1) is 31.0 Å². The van der Waals surface area contributed by atoms with E-state index in [0.717, 1.165) is 18.7 Å². The summed E-state index contributed by atoms with van der Waals surface area (Å²) in [7, 11) is 1.58. The minimum absolute atomic E-state index is 0.113. The number of carbonyl (C=O) groups is 1. The minimum atomic E-state index is -4.70. The first kappa shape index (κ1) is 27.8. The van der Waals surface area contributed by atoms with Crippen LogP contribution in [0.2, 0.25) is 0 Å². The van der Waals surface area contributed by atoms with Gasteiger partial charge in [0, 0.05) is 55.1 Å². The van der Waals surface area contributed by atoms with Crippen molar-refractivity contribution in [3.63, 3.8) is 0 Å². The van der Waals surface area contributed by atoms with Gasteiger partial charge in [-0.2, -0.15) is 18.3 Å². The number of rotatable bonds is 8. The van der Waals surface area contributed by atoms with Gasteiger partial charge in [-0.15, -0.1) is 0 Å².